The Morgan fingerprint density at radius 2 is 1.56 bits per heavy atom. The summed E-state index contributed by atoms with van der Waals surface area (Å²) in [4.78, 5) is 0. The van der Waals surface area contributed by atoms with Crippen molar-refractivity contribution in [2.45, 2.75) is 83.7 Å². The molecular weight excluding hydrogens is 308 g/mol. The lowest BCUT2D eigenvalue weighted by Crippen LogP contribution is -2.03. The smallest absolute Gasteiger partial charge is 0.119 e. The third-order valence-corrected chi connectivity index (χ3v) is 4.75. The van der Waals surface area contributed by atoms with Crippen LogP contribution in [0.4, 0.5) is 0 Å². The molecule has 1 aliphatic rings. The second-order valence-corrected chi connectivity index (χ2v) is 7.18. The minimum Gasteiger partial charge on any atom is -0.491 e. The lowest BCUT2D eigenvalue weighted by atomic mass is 10.1. The Labute approximate surface area is 154 Å². The Kier molecular flexibility index (Phi) is 10.4. The van der Waals surface area contributed by atoms with Gasteiger partial charge in [0.15, 0.2) is 0 Å². The van der Waals surface area contributed by atoms with Gasteiger partial charge in [-0.25, -0.2) is 0 Å². The van der Waals surface area contributed by atoms with Crippen LogP contribution in [0.1, 0.15) is 76.7 Å². The fourth-order valence-electron chi connectivity index (χ4n) is 2.99. The molecule has 1 heterocycles. The van der Waals surface area contributed by atoms with Crippen LogP contribution in [0.25, 0.3) is 0 Å². The summed E-state index contributed by atoms with van der Waals surface area (Å²) in [7, 11) is 0. The van der Waals surface area contributed by atoms with E-state index in [-0.39, 0.29) is 0 Å². The normalized spacial score (nSPS) is 16.4. The zero-order valence-corrected chi connectivity index (χ0v) is 16.1. The molecule has 1 aromatic carbocycles. The van der Waals surface area contributed by atoms with Gasteiger partial charge in [-0.1, -0.05) is 76.2 Å². The van der Waals surface area contributed by atoms with Gasteiger partial charge in [-0.05, 0) is 43.4 Å². The monoisotopic (exact) mass is 344 g/mol. The van der Waals surface area contributed by atoms with Crippen LogP contribution in [0, 0.1) is 0 Å². The van der Waals surface area contributed by atoms with Crippen LogP contribution in [-0.2, 0) is 11.2 Å². The summed E-state index contributed by atoms with van der Waals surface area (Å²) in [6.45, 7) is 3.81. The number of allylic oxidation sites excluding steroid dienone is 2. The highest BCUT2D eigenvalue weighted by Crippen LogP contribution is 2.16. The summed E-state index contributed by atoms with van der Waals surface area (Å²) >= 11 is 0. The van der Waals surface area contributed by atoms with E-state index < -0.39 is 0 Å². The second kappa shape index (κ2) is 13.0. The van der Waals surface area contributed by atoms with Crippen LogP contribution in [0.5, 0.6) is 5.75 Å². The van der Waals surface area contributed by atoms with Crippen LogP contribution >= 0.6 is 0 Å². The molecule has 140 valence electrons. The van der Waals surface area contributed by atoms with E-state index in [9.17, 15) is 0 Å². The minimum atomic E-state index is 0.325. The number of unbranched alkanes of at least 4 members (excludes halogenated alkanes) is 8. The van der Waals surface area contributed by atoms with Gasteiger partial charge in [0.1, 0.15) is 18.5 Å². The Hall–Kier alpha value is -1.28. The predicted molar refractivity (Wildman–Crippen MR) is 106 cm³/mol. The number of hydrogen-bond donors (Lipinski definition) is 0. The lowest BCUT2D eigenvalue weighted by molar-refractivity contribution is 0.263. The van der Waals surface area contributed by atoms with Gasteiger partial charge in [-0.15, -0.1) is 0 Å². The average Bonchev–Trinajstić information content (AvgIpc) is 3.46. The number of hydrogen-bond acceptors (Lipinski definition) is 2. The highest BCUT2D eigenvalue weighted by molar-refractivity contribution is 5.27. The van der Waals surface area contributed by atoms with Crippen LogP contribution in [-0.4, -0.2) is 19.3 Å². The molecule has 1 aliphatic heterocycles. The van der Waals surface area contributed by atoms with Gasteiger partial charge in [-0.2, -0.15) is 0 Å². The van der Waals surface area contributed by atoms with E-state index in [1.165, 1.54) is 63.4 Å². The molecule has 1 saturated heterocycles. The number of epoxide rings is 1. The molecule has 25 heavy (non-hydrogen) atoms. The maximum Gasteiger partial charge on any atom is 0.119 e. The van der Waals surface area contributed by atoms with Crippen molar-refractivity contribution < 1.29 is 9.47 Å². The Bertz CT molecular complexity index is 459. The molecule has 0 N–H and O–H groups in total. The maximum atomic E-state index is 5.66. The second-order valence-electron chi connectivity index (χ2n) is 7.18. The zero-order chi connectivity index (χ0) is 17.6. The minimum absolute atomic E-state index is 0.325. The fourth-order valence-corrected chi connectivity index (χ4v) is 2.99. The number of ether oxygens (including phenoxy) is 2. The van der Waals surface area contributed by atoms with E-state index in [2.05, 4.69) is 43.3 Å². The van der Waals surface area contributed by atoms with Crippen LogP contribution in [0.3, 0.4) is 0 Å². The third kappa shape index (κ3) is 10.3. The molecule has 2 rings (SSSR count). The fraction of sp³-hybridized carbons (Fsp3) is 0.652. The zero-order valence-electron chi connectivity index (χ0n) is 16.1. The van der Waals surface area contributed by atoms with Gasteiger partial charge in [0.25, 0.3) is 0 Å². The Balaban J connectivity index is 1.43. The van der Waals surface area contributed by atoms with E-state index >= 15 is 0 Å². The third-order valence-electron chi connectivity index (χ3n) is 4.75. The van der Waals surface area contributed by atoms with Crippen molar-refractivity contribution in [2.24, 2.45) is 0 Å². The molecule has 1 unspecified atom stereocenters. The van der Waals surface area contributed by atoms with Gasteiger partial charge in [0.05, 0.1) is 6.61 Å². The van der Waals surface area contributed by atoms with Crippen molar-refractivity contribution in [3.05, 3.63) is 42.0 Å². The van der Waals surface area contributed by atoms with Crippen LogP contribution in [0.15, 0.2) is 36.4 Å². The van der Waals surface area contributed by atoms with Gasteiger partial charge in [0, 0.05) is 0 Å². The number of aryl methyl sites for hydroxylation is 1. The molecule has 2 heteroatoms. The topological polar surface area (TPSA) is 21.8 Å². The summed E-state index contributed by atoms with van der Waals surface area (Å²) in [5.41, 5.74) is 1.38. The first-order valence-corrected chi connectivity index (χ1v) is 10.4. The predicted octanol–water partition coefficient (Wildman–Crippen LogP) is 6.48. The van der Waals surface area contributed by atoms with E-state index in [4.69, 9.17) is 9.47 Å². The first-order chi connectivity index (χ1) is 12.4. The van der Waals surface area contributed by atoms with E-state index in [1.54, 1.807) is 0 Å². The summed E-state index contributed by atoms with van der Waals surface area (Å²) < 4.78 is 10.8. The standard InChI is InChI=1S/C23H36O2/c1-2-3-4-5-6-7-8-9-10-11-12-13-14-21-15-17-22(18-16-21)24-19-23-20-25-23/h11-12,15-18,23H,2-10,13-14,19-20H2,1H3/b12-11+. The maximum absolute atomic E-state index is 5.66. The molecule has 0 amide bonds. The average molecular weight is 345 g/mol. The molecule has 0 aromatic heterocycles. The Morgan fingerprint density at radius 1 is 0.920 bits per heavy atom. The van der Waals surface area contributed by atoms with Crippen molar-refractivity contribution in [2.75, 3.05) is 13.2 Å². The first kappa shape index (κ1) is 20.0. The van der Waals surface area contributed by atoms with E-state index in [0.717, 1.165) is 25.2 Å². The molecule has 1 aromatic rings. The number of rotatable bonds is 15. The van der Waals surface area contributed by atoms with Gasteiger partial charge in [0.2, 0.25) is 0 Å². The Morgan fingerprint density at radius 3 is 2.24 bits per heavy atom. The number of benzene rings is 1. The van der Waals surface area contributed by atoms with E-state index in [0.29, 0.717) is 12.7 Å². The van der Waals surface area contributed by atoms with Gasteiger partial charge in [-0.3, -0.25) is 0 Å². The lowest BCUT2D eigenvalue weighted by Gasteiger charge is -2.05. The van der Waals surface area contributed by atoms with Gasteiger partial charge >= 0.3 is 0 Å². The van der Waals surface area contributed by atoms with Crippen molar-refractivity contribution in [1.29, 1.82) is 0 Å². The molecule has 0 bridgehead atoms. The van der Waals surface area contributed by atoms with Crippen molar-refractivity contribution >= 4 is 0 Å². The molecule has 2 nitrogen and oxygen atoms in total. The highest BCUT2D eigenvalue weighted by atomic mass is 16.6. The molecule has 0 radical (unpaired) electrons. The van der Waals surface area contributed by atoms with E-state index in [1.807, 2.05) is 0 Å². The molecule has 0 spiro atoms. The SMILES string of the molecule is CCCCCCCCCC/C=C/CCc1ccc(OCC2CO2)cc1. The highest BCUT2D eigenvalue weighted by Gasteiger charge is 2.22. The molecular formula is C23H36O2. The molecule has 0 saturated carbocycles. The quantitative estimate of drug-likeness (QED) is 0.206. The summed E-state index contributed by atoms with van der Waals surface area (Å²) in [6.07, 6.45) is 19.7. The summed E-state index contributed by atoms with van der Waals surface area (Å²) in [5.74, 6) is 0.949. The molecule has 1 fully saturated rings. The molecule has 1 atom stereocenters. The summed E-state index contributed by atoms with van der Waals surface area (Å²) in [6, 6.07) is 8.49. The van der Waals surface area contributed by atoms with Crippen LogP contribution < -0.4 is 4.74 Å². The largest absolute Gasteiger partial charge is 0.491 e. The van der Waals surface area contributed by atoms with Crippen molar-refractivity contribution in [3.63, 3.8) is 0 Å². The van der Waals surface area contributed by atoms with Crippen molar-refractivity contribution in [3.8, 4) is 5.75 Å². The summed E-state index contributed by atoms with van der Waals surface area (Å²) in [5, 5.41) is 0. The van der Waals surface area contributed by atoms with Crippen molar-refractivity contribution in [1.82, 2.24) is 0 Å². The van der Waals surface area contributed by atoms with Crippen LogP contribution in [0.2, 0.25) is 0 Å². The van der Waals surface area contributed by atoms with Gasteiger partial charge < -0.3 is 9.47 Å². The molecule has 0 aliphatic carbocycles. The first-order valence-electron chi connectivity index (χ1n) is 10.4.